The SMILES string of the molecule is CN[C@]1(C(=O)O)C[C@H](O)[C@@H](NC(C)=O)[C@H]([C@H](O)[C@H](O)CO)O1. The van der Waals surface area contributed by atoms with Gasteiger partial charge in [0.2, 0.25) is 11.6 Å². The van der Waals surface area contributed by atoms with Crippen molar-refractivity contribution >= 4 is 11.9 Å². The van der Waals surface area contributed by atoms with Crippen LogP contribution < -0.4 is 10.6 Å². The van der Waals surface area contributed by atoms with Gasteiger partial charge in [-0.2, -0.15) is 0 Å². The monoisotopic (exact) mass is 322 g/mol. The van der Waals surface area contributed by atoms with Crippen molar-refractivity contribution in [1.29, 1.82) is 0 Å². The molecule has 6 atom stereocenters. The number of aliphatic carboxylic acids is 1. The second-order valence-electron chi connectivity index (χ2n) is 5.20. The lowest BCUT2D eigenvalue weighted by molar-refractivity contribution is -0.236. The van der Waals surface area contributed by atoms with E-state index in [9.17, 15) is 30.0 Å². The van der Waals surface area contributed by atoms with E-state index < -0.39 is 54.7 Å². The Labute approximate surface area is 126 Å². The first kappa shape index (κ1) is 18.7. The highest BCUT2D eigenvalue weighted by Gasteiger charge is 2.53. The Bertz CT molecular complexity index is 420. The van der Waals surface area contributed by atoms with Crippen LogP contribution in [0, 0.1) is 0 Å². The number of likely N-dealkylation sites (N-methyl/N-ethyl adjacent to an activating group) is 1. The van der Waals surface area contributed by atoms with Gasteiger partial charge >= 0.3 is 5.97 Å². The van der Waals surface area contributed by atoms with Crippen LogP contribution in [0.4, 0.5) is 0 Å². The standard InChI is InChI=1S/C12H22N2O8/c1-5(16)14-8-6(17)3-12(13-2,11(20)21)22-10(8)9(19)7(18)4-15/h6-10,13,15,17-19H,3-4H2,1-2H3,(H,14,16)(H,20,21)/t6-,7+,8+,9+,10+,12+/m0/s1. The van der Waals surface area contributed by atoms with E-state index in [4.69, 9.17) is 9.84 Å². The third-order valence-electron chi connectivity index (χ3n) is 3.64. The normalized spacial score (nSPS) is 34.7. The van der Waals surface area contributed by atoms with Gasteiger partial charge in [0.05, 0.1) is 18.8 Å². The van der Waals surface area contributed by atoms with Crippen LogP contribution >= 0.6 is 0 Å². The van der Waals surface area contributed by atoms with Crippen molar-refractivity contribution in [3.05, 3.63) is 0 Å². The summed E-state index contributed by atoms with van der Waals surface area (Å²) in [5, 5.41) is 52.7. The molecule has 22 heavy (non-hydrogen) atoms. The summed E-state index contributed by atoms with van der Waals surface area (Å²) in [6.07, 6.45) is -6.54. The van der Waals surface area contributed by atoms with Gasteiger partial charge < -0.3 is 35.6 Å². The first-order valence-corrected chi connectivity index (χ1v) is 6.70. The molecule has 0 spiro atoms. The highest BCUT2D eigenvalue weighted by Crippen LogP contribution is 2.30. The summed E-state index contributed by atoms with van der Waals surface area (Å²) in [6.45, 7) is 0.374. The Hall–Kier alpha value is -1.30. The van der Waals surface area contributed by atoms with E-state index in [1.807, 2.05) is 0 Å². The summed E-state index contributed by atoms with van der Waals surface area (Å²) >= 11 is 0. The Morgan fingerprint density at radius 3 is 2.41 bits per heavy atom. The molecule has 128 valence electrons. The highest BCUT2D eigenvalue weighted by molar-refractivity contribution is 5.77. The van der Waals surface area contributed by atoms with E-state index in [2.05, 4.69) is 10.6 Å². The zero-order valence-corrected chi connectivity index (χ0v) is 12.3. The van der Waals surface area contributed by atoms with Crippen molar-refractivity contribution in [2.75, 3.05) is 13.7 Å². The minimum absolute atomic E-state index is 0.387. The lowest BCUT2D eigenvalue weighted by atomic mass is 9.87. The zero-order chi connectivity index (χ0) is 17.1. The van der Waals surface area contributed by atoms with Gasteiger partial charge in [-0.15, -0.1) is 0 Å². The number of carbonyl (C=O) groups excluding carboxylic acids is 1. The molecule has 1 aliphatic heterocycles. The van der Waals surface area contributed by atoms with E-state index in [-0.39, 0.29) is 6.42 Å². The fraction of sp³-hybridized carbons (Fsp3) is 0.833. The molecule has 1 aliphatic rings. The molecule has 0 aromatic heterocycles. The Morgan fingerprint density at radius 1 is 1.41 bits per heavy atom. The first-order chi connectivity index (χ1) is 10.2. The number of carbonyl (C=O) groups is 2. The largest absolute Gasteiger partial charge is 0.478 e. The van der Waals surface area contributed by atoms with Gasteiger partial charge in [0.15, 0.2) is 0 Å². The number of hydrogen-bond acceptors (Lipinski definition) is 8. The molecule has 1 amide bonds. The summed E-state index contributed by atoms with van der Waals surface area (Å²) in [4.78, 5) is 22.6. The predicted octanol–water partition coefficient (Wildman–Crippen LogP) is -3.64. The van der Waals surface area contributed by atoms with E-state index >= 15 is 0 Å². The quantitative estimate of drug-likeness (QED) is 0.261. The average molecular weight is 322 g/mol. The van der Waals surface area contributed by atoms with E-state index in [0.29, 0.717) is 0 Å². The van der Waals surface area contributed by atoms with Crippen molar-refractivity contribution in [3.63, 3.8) is 0 Å². The number of nitrogens with one attached hydrogen (secondary N) is 2. The molecule has 0 unspecified atom stereocenters. The molecule has 10 heteroatoms. The second-order valence-corrected chi connectivity index (χ2v) is 5.20. The van der Waals surface area contributed by atoms with Crippen molar-refractivity contribution in [1.82, 2.24) is 10.6 Å². The van der Waals surface area contributed by atoms with Gasteiger partial charge in [-0.1, -0.05) is 0 Å². The van der Waals surface area contributed by atoms with Gasteiger partial charge in [0.1, 0.15) is 18.3 Å². The van der Waals surface area contributed by atoms with Crippen LogP contribution in [0.25, 0.3) is 0 Å². The molecular weight excluding hydrogens is 300 g/mol. The molecule has 7 N–H and O–H groups in total. The van der Waals surface area contributed by atoms with Crippen LogP contribution in [-0.4, -0.2) is 87.2 Å². The molecule has 0 bridgehead atoms. The Balaban J connectivity index is 3.14. The maximum absolute atomic E-state index is 11.4. The predicted molar refractivity (Wildman–Crippen MR) is 71.6 cm³/mol. The van der Waals surface area contributed by atoms with Gasteiger partial charge in [-0.05, 0) is 7.05 Å². The molecule has 0 aromatic carbocycles. The number of carboxylic acids is 1. The lowest BCUT2D eigenvalue weighted by Crippen LogP contribution is -2.70. The van der Waals surface area contributed by atoms with E-state index in [1.165, 1.54) is 14.0 Å². The van der Waals surface area contributed by atoms with Crippen molar-refractivity contribution < 1.29 is 39.9 Å². The molecule has 0 radical (unpaired) electrons. The second kappa shape index (κ2) is 7.31. The van der Waals surface area contributed by atoms with Crippen LogP contribution in [-0.2, 0) is 14.3 Å². The molecule has 0 aromatic rings. The Morgan fingerprint density at radius 2 is 2.00 bits per heavy atom. The number of amides is 1. The number of hydrogen-bond donors (Lipinski definition) is 7. The summed E-state index contributed by atoms with van der Waals surface area (Å²) in [7, 11) is 1.30. The summed E-state index contributed by atoms with van der Waals surface area (Å²) in [5.41, 5.74) is -1.99. The van der Waals surface area contributed by atoms with Gasteiger partial charge in [-0.25, -0.2) is 4.79 Å². The third-order valence-corrected chi connectivity index (χ3v) is 3.64. The Kier molecular flexibility index (Phi) is 6.23. The average Bonchev–Trinajstić information content (AvgIpc) is 2.46. The number of carboxylic acid groups (broad SMARTS) is 1. The van der Waals surface area contributed by atoms with Crippen molar-refractivity contribution in [2.45, 2.75) is 49.5 Å². The molecule has 0 saturated carbocycles. The lowest BCUT2D eigenvalue weighted by Gasteiger charge is -2.46. The number of ether oxygens (including phenoxy) is 1. The fourth-order valence-corrected chi connectivity index (χ4v) is 2.42. The number of aliphatic hydroxyl groups is 4. The van der Waals surface area contributed by atoms with Crippen molar-refractivity contribution in [3.8, 4) is 0 Å². The van der Waals surface area contributed by atoms with Gasteiger partial charge in [0, 0.05) is 13.3 Å². The summed E-state index contributed by atoms with van der Waals surface area (Å²) in [5.74, 6) is -1.96. The maximum atomic E-state index is 11.4. The molecule has 1 saturated heterocycles. The zero-order valence-electron chi connectivity index (χ0n) is 12.3. The number of aliphatic hydroxyl groups excluding tert-OH is 4. The molecule has 0 aliphatic carbocycles. The van der Waals surface area contributed by atoms with Gasteiger partial charge in [0.25, 0.3) is 0 Å². The van der Waals surface area contributed by atoms with E-state index in [0.717, 1.165) is 0 Å². The summed E-state index contributed by atoms with van der Waals surface area (Å²) < 4.78 is 5.35. The topological polar surface area (TPSA) is 169 Å². The highest BCUT2D eigenvalue weighted by atomic mass is 16.6. The smallest absolute Gasteiger partial charge is 0.351 e. The molecule has 1 heterocycles. The molecule has 10 nitrogen and oxygen atoms in total. The van der Waals surface area contributed by atoms with Gasteiger partial charge in [-0.3, -0.25) is 10.1 Å². The molecule has 1 fully saturated rings. The van der Waals surface area contributed by atoms with E-state index in [1.54, 1.807) is 0 Å². The minimum atomic E-state index is -1.99. The van der Waals surface area contributed by atoms with Crippen LogP contribution in [0.5, 0.6) is 0 Å². The fourth-order valence-electron chi connectivity index (χ4n) is 2.42. The minimum Gasteiger partial charge on any atom is -0.478 e. The van der Waals surface area contributed by atoms with Crippen LogP contribution in [0.15, 0.2) is 0 Å². The third kappa shape index (κ3) is 3.72. The van der Waals surface area contributed by atoms with Crippen LogP contribution in [0.3, 0.4) is 0 Å². The van der Waals surface area contributed by atoms with Crippen LogP contribution in [0.2, 0.25) is 0 Å². The number of rotatable bonds is 6. The first-order valence-electron chi connectivity index (χ1n) is 6.70. The maximum Gasteiger partial charge on any atom is 0.351 e. The molecule has 1 rings (SSSR count). The molecular formula is C12H22N2O8. The summed E-state index contributed by atoms with van der Waals surface area (Å²) in [6, 6.07) is -1.14. The van der Waals surface area contributed by atoms with Crippen molar-refractivity contribution in [2.24, 2.45) is 0 Å². The van der Waals surface area contributed by atoms with Crippen LogP contribution in [0.1, 0.15) is 13.3 Å².